The molecule has 4 amide bonds. The van der Waals surface area contributed by atoms with Gasteiger partial charge in [-0.25, -0.2) is 9.78 Å². The number of carbonyl (C=O) groups excluding carboxylic acids is 4. The second-order valence-electron chi connectivity index (χ2n) is 7.26. The predicted molar refractivity (Wildman–Crippen MR) is 118 cm³/mol. The first-order valence-corrected chi connectivity index (χ1v) is 10.5. The number of nitrogens with one attached hydrogen (secondary N) is 4. The third-order valence-electron chi connectivity index (χ3n) is 4.51. The molecule has 184 valence electrons. The molecule has 15 heteroatoms. The SMILES string of the molecule is CC(O)C(NC(=O)C(CS)NC(=O)C(CCC(N)=O)NC(=O)C(N)Cc1cnc[nH]1)C(=O)O. The van der Waals surface area contributed by atoms with E-state index in [0.29, 0.717) is 5.69 Å². The second-order valence-corrected chi connectivity index (χ2v) is 7.63. The van der Waals surface area contributed by atoms with E-state index in [1.165, 1.54) is 19.4 Å². The van der Waals surface area contributed by atoms with Crippen LogP contribution in [0.2, 0.25) is 0 Å². The number of aliphatic hydroxyl groups is 1. The number of imidazole rings is 1. The average Bonchev–Trinajstić information content (AvgIpc) is 3.24. The van der Waals surface area contributed by atoms with Gasteiger partial charge in [0.2, 0.25) is 23.6 Å². The minimum Gasteiger partial charge on any atom is -0.480 e. The van der Waals surface area contributed by atoms with Gasteiger partial charge in [-0.15, -0.1) is 0 Å². The summed E-state index contributed by atoms with van der Waals surface area (Å²) in [5.74, 6) is -4.85. The number of carboxylic acid groups (broad SMARTS) is 1. The number of nitrogens with zero attached hydrogens (tertiary/aromatic N) is 1. The number of nitrogens with two attached hydrogens (primary N) is 2. The van der Waals surface area contributed by atoms with Crippen molar-refractivity contribution in [2.75, 3.05) is 5.75 Å². The number of aromatic amines is 1. The Labute approximate surface area is 194 Å². The molecule has 0 aliphatic carbocycles. The summed E-state index contributed by atoms with van der Waals surface area (Å²) >= 11 is 3.98. The fourth-order valence-electron chi connectivity index (χ4n) is 2.67. The van der Waals surface area contributed by atoms with Crippen molar-refractivity contribution >= 4 is 42.2 Å². The van der Waals surface area contributed by atoms with Crippen LogP contribution >= 0.6 is 12.6 Å². The van der Waals surface area contributed by atoms with E-state index < -0.39 is 59.9 Å². The van der Waals surface area contributed by atoms with Gasteiger partial charge in [0.25, 0.3) is 0 Å². The number of carboxylic acids is 1. The zero-order chi connectivity index (χ0) is 25.1. The number of aliphatic hydroxyl groups excluding tert-OH is 1. The Morgan fingerprint density at radius 2 is 1.73 bits per heavy atom. The van der Waals surface area contributed by atoms with Gasteiger partial charge in [0, 0.05) is 30.5 Å². The summed E-state index contributed by atoms with van der Waals surface area (Å²) in [7, 11) is 0. The lowest BCUT2D eigenvalue weighted by Crippen LogP contribution is -2.59. The smallest absolute Gasteiger partial charge is 0.328 e. The van der Waals surface area contributed by atoms with Gasteiger partial charge in [-0.2, -0.15) is 12.6 Å². The van der Waals surface area contributed by atoms with Crippen molar-refractivity contribution in [2.45, 2.75) is 56.5 Å². The zero-order valence-corrected chi connectivity index (χ0v) is 18.7. The fourth-order valence-corrected chi connectivity index (χ4v) is 2.93. The van der Waals surface area contributed by atoms with Crippen LogP contribution in [0.4, 0.5) is 0 Å². The molecule has 10 N–H and O–H groups in total. The quantitative estimate of drug-likeness (QED) is 0.117. The van der Waals surface area contributed by atoms with E-state index in [0.717, 1.165) is 0 Å². The van der Waals surface area contributed by atoms with Gasteiger partial charge in [0.05, 0.1) is 18.5 Å². The maximum Gasteiger partial charge on any atom is 0.328 e. The van der Waals surface area contributed by atoms with Gasteiger partial charge >= 0.3 is 5.97 Å². The summed E-state index contributed by atoms with van der Waals surface area (Å²) in [6.07, 6.45) is 1.19. The van der Waals surface area contributed by atoms with Crippen LogP contribution < -0.4 is 27.4 Å². The average molecular weight is 488 g/mol. The van der Waals surface area contributed by atoms with Crippen molar-refractivity contribution in [1.29, 1.82) is 0 Å². The number of rotatable bonds is 14. The molecule has 0 aliphatic heterocycles. The minimum atomic E-state index is -1.61. The molecular formula is C18H29N7O7S. The molecule has 0 aromatic carbocycles. The van der Waals surface area contributed by atoms with E-state index >= 15 is 0 Å². The van der Waals surface area contributed by atoms with Crippen molar-refractivity contribution in [3.05, 3.63) is 18.2 Å². The number of H-pyrrole nitrogens is 1. The third-order valence-corrected chi connectivity index (χ3v) is 4.87. The molecular weight excluding hydrogens is 458 g/mol. The molecule has 1 aromatic rings. The number of thiol groups is 1. The van der Waals surface area contributed by atoms with Gasteiger partial charge in [-0.3, -0.25) is 19.2 Å². The van der Waals surface area contributed by atoms with Crippen LogP contribution in [-0.4, -0.2) is 85.8 Å². The monoisotopic (exact) mass is 487 g/mol. The number of hydrogen-bond donors (Lipinski definition) is 9. The molecule has 1 rings (SSSR count). The highest BCUT2D eigenvalue weighted by molar-refractivity contribution is 7.80. The number of amides is 4. The Bertz CT molecular complexity index is 834. The lowest BCUT2D eigenvalue weighted by atomic mass is 10.1. The summed E-state index contributed by atoms with van der Waals surface area (Å²) in [6, 6.07) is -5.21. The topological polar surface area (TPSA) is 243 Å². The molecule has 0 saturated heterocycles. The van der Waals surface area contributed by atoms with Gasteiger partial charge in [-0.1, -0.05) is 0 Å². The Morgan fingerprint density at radius 1 is 1.12 bits per heavy atom. The van der Waals surface area contributed by atoms with Gasteiger partial charge in [-0.05, 0) is 13.3 Å². The maximum atomic E-state index is 12.7. The summed E-state index contributed by atoms with van der Waals surface area (Å²) < 4.78 is 0. The second kappa shape index (κ2) is 13.4. The Balaban J connectivity index is 2.86. The lowest BCUT2D eigenvalue weighted by molar-refractivity contribution is -0.145. The molecule has 5 unspecified atom stereocenters. The Hall–Kier alpha value is -3.17. The maximum absolute atomic E-state index is 12.7. The van der Waals surface area contributed by atoms with Gasteiger partial charge in [0.1, 0.15) is 12.1 Å². The van der Waals surface area contributed by atoms with Crippen LogP contribution in [0.5, 0.6) is 0 Å². The van der Waals surface area contributed by atoms with Crippen molar-refractivity contribution in [3.63, 3.8) is 0 Å². The zero-order valence-electron chi connectivity index (χ0n) is 17.9. The number of primary amides is 1. The molecule has 0 aliphatic rings. The van der Waals surface area contributed by atoms with Crippen molar-refractivity contribution in [1.82, 2.24) is 25.9 Å². The normalized spacial score (nSPS) is 15.4. The van der Waals surface area contributed by atoms with Crippen LogP contribution in [0.25, 0.3) is 0 Å². The molecule has 1 aromatic heterocycles. The van der Waals surface area contributed by atoms with Crippen molar-refractivity contribution in [3.8, 4) is 0 Å². The number of hydrogen-bond acceptors (Lipinski definition) is 9. The molecule has 0 spiro atoms. The van der Waals surface area contributed by atoms with Crippen LogP contribution in [0.1, 0.15) is 25.5 Å². The lowest BCUT2D eigenvalue weighted by Gasteiger charge is -2.25. The third kappa shape index (κ3) is 9.46. The molecule has 0 radical (unpaired) electrons. The van der Waals surface area contributed by atoms with Crippen LogP contribution in [0.15, 0.2) is 12.5 Å². The van der Waals surface area contributed by atoms with E-state index in [9.17, 15) is 29.1 Å². The number of aliphatic carboxylic acids is 1. The van der Waals surface area contributed by atoms with E-state index in [1.54, 1.807) is 0 Å². The molecule has 14 nitrogen and oxygen atoms in total. The molecule has 33 heavy (non-hydrogen) atoms. The van der Waals surface area contributed by atoms with E-state index in [4.69, 9.17) is 16.6 Å². The summed E-state index contributed by atoms with van der Waals surface area (Å²) in [5.41, 5.74) is 11.6. The highest BCUT2D eigenvalue weighted by Gasteiger charge is 2.31. The highest BCUT2D eigenvalue weighted by atomic mass is 32.1. The van der Waals surface area contributed by atoms with E-state index in [2.05, 4.69) is 38.5 Å². The highest BCUT2D eigenvalue weighted by Crippen LogP contribution is 2.03. The Morgan fingerprint density at radius 3 is 2.21 bits per heavy atom. The molecule has 0 fully saturated rings. The molecule has 0 saturated carbocycles. The largest absolute Gasteiger partial charge is 0.480 e. The van der Waals surface area contributed by atoms with Crippen molar-refractivity contribution < 1.29 is 34.2 Å². The number of aromatic nitrogens is 2. The van der Waals surface area contributed by atoms with Crippen LogP contribution in [-0.2, 0) is 30.4 Å². The summed E-state index contributed by atoms with van der Waals surface area (Å²) in [6.45, 7) is 1.18. The minimum absolute atomic E-state index is 0.105. The summed E-state index contributed by atoms with van der Waals surface area (Å²) in [5, 5.41) is 25.5. The first-order valence-electron chi connectivity index (χ1n) is 9.90. The standard InChI is InChI=1S/C18H29N7O7S/c1-8(26)14(18(31)32)25-17(30)12(6-33)24-16(29)11(2-3-13(20)27)23-15(28)10(19)4-9-5-21-7-22-9/h5,7-8,10-12,14,26,33H,2-4,6,19H2,1H3,(H2,20,27)(H,21,22)(H,23,28)(H,24,29)(H,25,30)(H,31,32). The van der Waals surface area contributed by atoms with E-state index in [1.807, 2.05) is 0 Å². The summed E-state index contributed by atoms with van der Waals surface area (Å²) in [4.78, 5) is 66.6. The van der Waals surface area contributed by atoms with Crippen LogP contribution in [0, 0.1) is 0 Å². The van der Waals surface area contributed by atoms with E-state index in [-0.39, 0.29) is 25.0 Å². The first kappa shape index (κ1) is 27.9. The first-order chi connectivity index (χ1) is 15.5. The Kier molecular flexibility index (Phi) is 11.3. The van der Waals surface area contributed by atoms with Crippen LogP contribution in [0.3, 0.4) is 0 Å². The van der Waals surface area contributed by atoms with Gasteiger partial charge < -0.3 is 42.6 Å². The molecule has 5 atom stereocenters. The predicted octanol–water partition coefficient (Wildman–Crippen LogP) is -3.61. The van der Waals surface area contributed by atoms with Crippen molar-refractivity contribution in [2.24, 2.45) is 11.5 Å². The molecule has 0 bridgehead atoms. The van der Waals surface area contributed by atoms with Gasteiger partial charge in [0.15, 0.2) is 6.04 Å². The molecule has 1 heterocycles. The fraction of sp³-hybridized carbons (Fsp3) is 0.556. The number of carbonyl (C=O) groups is 5.